The molecule has 1 fully saturated rings. The molecule has 0 aromatic heterocycles. The second-order valence-electron chi connectivity index (χ2n) is 1.26. The summed E-state index contributed by atoms with van der Waals surface area (Å²) in [7, 11) is -4.10. The molecule has 0 saturated carbocycles. The maximum Gasteiger partial charge on any atom is 0.170 e. The first-order valence-electron chi connectivity index (χ1n) is 1.67. The zero-order valence-corrected chi connectivity index (χ0v) is 4.14. The van der Waals surface area contributed by atoms with Crippen LogP contribution >= 0.6 is 0 Å². The zero-order valence-electron chi connectivity index (χ0n) is 3.33. The third kappa shape index (κ3) is 1.12. The highest BCUT2D eigenvalue weighted by molar-refractivity contribution is 7.86. The fourth-order valence-corrected chi connectivity index (χ4v) is 0.618. The molecule has 1 rings (SSSR count). The molecule has 42 valence electrons. The molecule has 0 aliphatic carbocycles. The van der Waals surface area contributed by atoms with Crippen LogP contribution in [0, 0.1) is 0 Å². The maximum absolute atomic E-state index is 9.71. The summed E-state index contributed by atoms with van der Waals surface area (Å²) in [4.78, 5) is 0. The van der Waals surface area contributed by atoms with Gasteiger partial charge in [0.2, 0.25) is 0 Å². The topological polar surface area (TPSA) is 69.7 Å². The predicted octanol–water partition coefficient (Wildman–Crippen LogP) is -1.11. The molecule has 0 amide bonds. The number of hydrogen-bond acceptors (Lipinski definition) is 4. The maximum atomic E-state index is 9.71. The molecule has 1 aliphatic rings. The molecule has 1 unspecified atom stereocenters. The van der Waals surface area contributed by atoms with E-state index in [1.54, 1.807) is 0 Å². The van der Waals surface area contributed by atoms with E-state index >= 15 is 0 Å². The van der Waals surface area contributed by atoms with Gasteiger partial charge in [0.1, 0.15) is 10.1 Å². The second kappa shape index (κ2) is 1.18. The lowest BCUT2D eigenvalue weighted by Gasteiger charge is -1.97. The molecule has 0 spiro atoms. The van der Waals surface area contributed by atoms with Crippen molar-refractivity contribution >= 4 is 10.1 Å². The van der Waals surface area contributed by atoms with Gasteiger partial charge in [-0.2, -0.15) is 0 Å². The highest BCUT2D eigenvalue weighted by Crippen LogP contribution is 2.13. The van der Waals surface area contributed by atoms with Crippen molar-refractivity contribution in [2.24, 2.45) is 0 Å². The van der Waals surface area contributed by atoms with Crippen LogP contribution in [0.25, 0.3) is 0 Å². The van der Waals surface area contributed by atoms with E-state index in [1.165, 1.54) is 0 Å². The monoisotopic (exact) mass is 123 g/mol. The summed E-state index contributed by atoms with van der Waals surface area (Å²) in [6, 6.07) is 0. The van der Waals surface area contributed by atoms with E-state index < -0.39 is 15.6 Å². The van der Waals surface area contributed by atoms with Crippen LogP contribution < -0.4 is 0 Å². The van der Waals surface area contributed by atoms with Crippen molar-refractivity contribution in [2.45, 2.75) is 5.44 Å². The Morgan fingerprint density at radius 3 is 2.14 bits per heavy atom. The Bertz CT molecular complexity index is 153. The molecule has 0 aromatic rings. The first-order chi connectivity index (χ1) is 3.11. The summed E-state index contributed by atoms with van der Waals surface area (Å²) in [6.45, 7) is 0.0752. The van der Waals surface area contributed by atoms with Crippen LogP contribution in [0.15, 0.2) is 0 Å². The van der Waals surface area contributed by atoms with Gasteiger partial charge in [-0.15, -0.1) is 0 Å². The summed E-state index contributed by atoms with van der Waals surface area (Å²) >= 11 is 0. The van der Waals surface area contributed by atoms with Crippen molar-refractivity contribution < 1.29 is 17.7 Å². The minimum atomic E-state index is -4.10. The van der Waals surface area contributed by atoms with E-state index in [0.717, 1.165) is 0 Å². The first-order valence-corrected chi connectivity index (χ1v) is 3.14. The van der Waals surface area contributed by atoms with Crippen molar-refractivity contribution in [1.82, 2.24) is 0 Å². The van der Waals surface area contributed by atoms with Gasteiger partial charge in [-0.25, -0.2) is 8.42 Å². The van der Waals surface area contributed by atoms with Gasteiger partial charge in [0.25, 0.3) is 0 Å². The molecular formula is C2H3O4S-. The van der Waals surface area contributed by atoms with E-state index in [1.807, 2.05) is 0 Å². The number of ether oxygens (including phenoxy) is 1. The van der Waals surface area contributed by atoms with E-state index in [-0.39, 0.29) is 6.61 Å². The number of epoxide rings is 1. The van der Waals surface area contributed by atoms with Crippen molar-refractivity contribution in [3.63, 3.8) is 0 Å². The van der Waals surface area contributed by atoms with Gasteiger partial charge in [-0.05, 0) is 0 Å². The SMILES string of the molecule is O=S(=O)([O-])C1CO1. The number of hydrogen-bond donors (Lipinski definition) is 0. The van der Waals surface area contributed by atoms with Gasteiger partial charge in [0, 0.05) is 0 Å². The third-order valence-electron chi connectivity index (χ3n) is 0.625. The second-order valence-corrected chi connectivity index (χ2v) is 2.77. The minimum Gasteiger partial charge on any atom is -0.746 e. The molecule has 1 aliphatic heterocycles. The Kier molecular flexibility index (Phi) is 0.844. The fraction of sp³-hybridized carbons (Fsp3) is 1.00. The molecular weight excluding hydrogens is 120 g/mol. The molecule has 5 heteroatoms. The van der Waals surface area contributed by atoms with Crippen molar-refractivity contribution in [3.8, 4) is 0 Å². The number of rotatable bonds is 1. The lowest BCUT2D eigenvalue weighted by Crippen LogP contribution is -2.04. The minimum absolute atomic E-state index is 0.0752. The van der Waals surface area contributed by atoms with E-state index in [2.05, 4.69) is 4.74 Å². The van der Waals surface area contributed by atoms with Crippen LogP contribution in [0.4, 0.5) is 0 Å². The Morgan fingerprint density at radius 2 is 2.14 bits per heavy atom. The quantitative estimate of drug-likeness (QED) is 0.327. The van der Waals surface area contributed by atoms with Gasteiger partial charge < -0.3 is 9.29 Å². The van der Waals surface area contributed by atoms with Crippen LogP contribution in [0.2, 0.25) is 0 Å². The normalized spacial score (nSPS) is 30.1. The highest BCUT2D eigenvalue weighted by Gasteiger charge is 2.29. The lowest BCUT2D eigenvalue weighted by molar-refractivity contribution is 0.403. The van der Waals surface area contributed by atoms with Gasteiger partial charge >= 0.3 is 0 Å². The summed E-state index contributed by atoms with van der Waals surface area (Å²) < 4.78 is 33.3. The fourth-order valence-electron chi connectivity index (χ4n) is 0.206. The van der Waals surface area contributed by atoms with Crippen LogP contribution in [0.5, 0.6) is 0 Å². The Hall–Kier alpha value is -0.130. The molecule has 1 saturated heterocycles. The molecule has 0 N–H and O–H groups in total. The molecule has 1 atom stereocenters. The third-order valence-corrected chi connectivity index (χ3v) is 1.54. The molecule has 0 radical (unpaired) electrons. The zero-order chi connectivity index (χ0) is 5.49. The van der Waals surface area contributed by atoms with Crippen LogP contribution in [0.3, 0.4) is 0 Å². The van der Waals surface area contributed by atoms with Gasteiger partial charge in [-0.3, -0.25) is 0 Å². The average molecular weight is 123 g/mol. The predicted molar refractivity (Wildman–Crippen MR) is 19.4 cm³/mol. The van der Waals surface area contributed by atoms with Crippen LogP contribution in [0.1, 0.15) is 0 Å². The summed E-state index contributed by atoms with van der Waals surface area (Å²) in [6.07, 6.45) is 0. The van der Waals surface area contributed by atoms with E-state index in [9.17, 15) is 13.0 Å². The van der Waals surface area contributed by atoms with E-state index in [0.29, 0.717) is 0 Å². The van der Waals surface area contributed by atoms with Gasteiger partial charge in [0.15, 0.2) is 5.44 Å². The summed E-state index contributed by atoms with van der Waals surface area (Å²) in [5.41, 5.74) is -1.03. The van der Waals surface area contributed by atoms with Crippen LogP contribution in [-0.2, 0) is 14.9 Å². The lowest BCUT2D eigenvalue weighted by atomic mass is 11.0. The first kappa shape index (κ1) is 5.02. The summed E-state index contributed by atoms with van der Waals surface area (Å²) in [5, 5.41) is 0. The van der Waals surface area contributed by atoms with Crippen molar-refractivity contribution in [1.29, 1.82) is 0 Å². The van der Waals surface area contributed by atoms with Crippen molar-refractivity contribution in [3.05, 3.63) is 0 Å². The standard InChI is InChI=1S/C2H4O4S/c3-7(4,5)2-1-6-2/h2H,1H2,(H,3,4,5)/p-1. The Labute approximate surface area is 40.8 Å². The molecule has 7 heavy (non-hydrogen) atoms. The molecule has 1 heterocycles. The highest BCUT2D eigenvalue weighted by atomic mass is 32.2. The van der Waals surface area contributed by atoms with E-state index in [4.69, 9.17) is 0 Å². The Morgan fingerprint density at radius 1 is 1.71 bits per heavy atom. The average Bonchev–Trinajstić information content (AvgIpc) is 1.99. The van der Waals surface area contributed by atoms with Gasteiger partial charge in [0.05, 0.1) is 6.61 Å². The smallest absolute Gasteiger partial charge is 0.170 e. The molecule has 4 nitrogen and oxygen atoms in total. The summed E-state index contributed by atoms with van der Waals surface area (Å²) in [5.74, 6) is 0. The largest absolute Gasteiger partial charge is 0.746 e. The Balaban J connectivity index is 2.71. The molecule has 0 aromatic carbocycles. The van der Waals surface area contributed by atoms with Crippen LogP contribution in [-0.4, -0.2) is 25.0 Å². The molecule has 0 bridgehead atoms. The van der Waals surface area contributed by atoms with Gasteiger partial charge in [-0.1, -0.05) is 0 Å². The van der Waals surface area contributed by atoms with Crippen molar-refractivity contribution in [2.75, 3.05) is 6.61 Å².